The van der Waals surface area contributed by atoms with E-state index in [1.165, 1.54) is 5.56 Å². The fourth-order valence-corrected chi connectivity index (χ4v) is 1.52. The van der Waals surface area contributed by atoms with Gasteiger partial charge in [-0.1, -0.05) is 12.1 Å². The van der Waals surface area contributed by atoms with Crippen molar-refractivity contribution in [3.8, 4) is 18.1 Å². The maximum Gasteiger partial charge on any atom is 0.119 e. The van der Waals surface area contributed by atoms with Crippen LogP contribution < -0.4 is 10.1 Å². The molecule has 3 heteroatoms. The Hall–Kier alpha value is -1.50. The molecule has 0 aromatic heterocycles. The predicted molar refractivity (Wildman–Crippen MR) is 73.6 cm³/mol. The topological polar surface area (TPSA) is 30.5 Å². The Morgan fingerprint density at radius 3 is 3.00 bits per heavy atom. The van der Waals surface area contributed by atoms with Crippen LogP contribution in [-0.2, 0) is 11.3 Å². The molecule has 0 fully saturated rings. The predicted octanol–water partition coefficient (Wildman–Crippen LogP) is 2.21. The Balaban J connectivity index is 2.30. The highest BCUT2D eigenvalue weighted by molar-refractivity contribution is 5.28. The largest absolute Gasteiger partial charge is 0.494 e. The first-order valence-electron chi connectivity index (χ1n) is 6.21. The van der Waals surface area contributed by atoms with Crippen LogP contribution >= 0.6 is 0 Å². The maximum absolute atomic E-state index is 5.63. The van der Waals surface area contributed by atoms with Gasteiger partial charge < -0.3 is 14.8 Å². The highest BCUT2D eigenvalue weighted by Gasteiger charge is 1.97. The normalized spacial score (nSPS) is 10.0. The summed E-state index contributed by atoms with van der Waals surface area (Å²) in [5.41, 5.74) is 1.21. The number of nitrogens with one attached hydrogen (secondary N) is 1. The number of benzene rings is 1. The lowest BCUT2D eigenvalue weighted by atomic mass is 10.2. The van der Waals surface area contributed by atoms with Gasteiger partial charge in [0, 0.05) is 26.6 Å². The molecule has 0 radical (unpaired) electrons. The third-order valence-electron chi connectivity index (χ3n) is 2.44. The minimum Gasteiger partial charge on any atom is -0.494 e. The zero-order valence-corrected chi connectivity index (χ0v) is 10.9. The Morgan fingerprint density at radius 2 is 2.22 bits per heavy atom. The van der Waals surface area contributed by atoms with Crippen LogP contribution in [0.2, 0.25) is 0 Å². The lowest BCUT2D eigenvalue weighted by Gasteiger charge is -2.08. The van der Waals surface area contributed by atoms with Gasteiger partial charge in [-0.2, -0.15) is 0 Å². The van der Waals surface area contributed by atoms with E-state index < -0.39 is 0 Å². The van der Waals surface area contributed by atoms with Crippen molar-refractivity contribution >= 4 is 0 Å². The van der Waals surface area contributed by atoms with Gasteiger partial charge in [-0.15, -0.1) is 12.3 Å². The molecule has 1 aromatic rings. The molecule has 0 unspecified atom stereocenters. The van der Waals surface area contributed by atoms with E-state index in [2.05, 4.69) is 23.4 Å². The summed E-state index contributed by atoms with van der Waals surface area (Å²) >= 11 is 0. The van der Waals surface area contributed by atoms with Crippen molar-refractivity contribution in [2.45, 2.75) is 19.4 Å². The molecule has 1 aromatic carbocycles. The van der Waals surface area contributed by atoms with Crippen molar-refractivity contribution < 1.29 is 9.47 Å². The quantitative estimate of drug-likeness (QED) is 0.536. The van der Waals surface area contributed by atoms with Crippen molar-refractivity contribution in [1.29, 1.82) is 0 Å². The van der Waals surface area contributed by atoms with Crippen LogP contribution in [0.3, 0.4) is 0 Å². The van der Waals surface area contributed by atoms with E-state index >= 15 is 0 Å². The molecule has 98 valence electrons. The Bertz CT molecular complexity index is 371. The monoisotopic (exact) mass is 247 g/mol. The number of rotatable bonds is 9. The van der Waals surface area contributed by atoms with Crippen molar-refractivity contribution in [2.24, 2.45) is 0 Å². The molecule has 0 aliphatic carbocycles. The van der Waals surface area contributed by atoms with Gasteiger partial charge in [0.25, 0.3) is 0 Å². The molecule has 0 saturated carbocycles. The van der Waals surface area contributed by atoms with E-state index in [1.807, 2.05) is 12.1 Å². The third kappa shape index (κ3) is 6.29. The summed E-state index contributed by atoms with van der Waals surface area (Å²) in [4.78, 5) is 0. The summed E-state index contributed by atoms with van der Waals surface area (Å²) in [6, 6.07) is 8.10. The molecule has 0 spiro atoms. The fraction of sp³-hybridized carbons (Fsp3) is 0.467. The number of methoxy groups -OCH3 is 1. The van der Waals surface area contributed by atoms with Gasteiger partial charge in [-0.3, -0.25) is 0 Å². The number of hydrogen-bond donors (Lipinski definition) is 1. The Kier molecular flexibility index (Phi) is 7.70. The maximum atomic E-state index is 5.63. The van der Waals surface area contributed by atoms with E-state index in [-0.39, 0.29) is 0 Å². The van der Waals surface area contributed by atoms with Crippen LogP contribution in [0.15, 0.2) is 24.3 Å². The van der Waals surface area contributed by atoms with Gasteiger partial charge in [0.15, 0.2) is 0 Å². The molecule has 0 saturated heterocycles. The molecular weight excluding hydrogens is 226 g/mol. The SMILES string of the molecule is C#CCCCOc1cccc(CNCCOC)c1. The summed E-state index contributed by atoms with van der Waals surface area (Å²) in [5, 5.41) is 3.30. The fourth-order valence-electron chi connectivity index (χ4n) is 1.52. The number of unbranched alkanes of at least 4 members (excludes halogenated alkanes) is 1. The first-order valence-corrected chi connectivity index (χ1v) is 6.21. The number of ether oxygens (including phenoxy) is 2. The second kappa shape index (κ2) is 9.52. The minimum atomic E-state index is 0.671. The number of hydrogen-bond acceptors (Lipinski definition) is 3. The lowest BCUT2D eigenvalue weighted by molar-refractivity contribution is 0.199. The molecule has 0 bridgehead atoms. The second-order valence-corrected chi connectivity index (χ2v) is 3.97. The van der Waals surface area contributed by atoms with E-state index in [0.29, 0.717) is 6.61 Å². The summed E-state index contributed by atoms with van der Waals surface area (Å²) in [7, 11) is 1.70. The molecule has 0 aliphatic heterocycles. The zero-order chi connectivity index (χ0) is 13.1. The summed E-state index contributed by atoms with van der Waals surface area (Å²) in [6.07, 6.45) is 6.85. The van der Waals surface area contributed by atoms with Gasteiger partial charge >= 0.3 is 0 Å². The summed E-state index contributed by atoms with van der Waals surface area (Å²) in [5.74, 6) is 3.50. The van der Waals surface area contributed by atoms with E-state index in [4.69, 9.17) is 15.9 Å². The average molecular weight is 247 g/mol. The molecule has 3 nitrogen and oxygen atoms in total. The van der Waals surface area contributed by atoms with Crippen LogP contribution in [0.5, 0.6) is 5.75 Å². The minimum absolute atomic E-state index is 0.671. The van der Waals surface area contributed by atoms with Crippen molar-refractivity contribution in [2.75, 3.05) is 26.9 Å². The molecule has 0 atom stereocenters. The van der Waals surface area contributed by atoms with Crippen LogP contribution in [0.25, 0.3) is 0 Å². The molecule has 18 heavy (non-hydrogen) atoms. The number of terminal acetylenes is 1. The first kappa shape index (κ1) is 14.6. The van der Waals surface area contributed by atoms with E-state index in [9.17, 15) is 0 Å². The average Bonchev–Trinajstić information content (AvgIpc) is 2.40. The molecule has 1 rings (SSSR count). The molecule has 0 amide bonds. The Labute approximate surface area is 109 Å². The van der Waals surface area contributed by atoms with Gasteiger partial charge in [0.2, 0.25) is 0 Å². The van der Waals surface area contributed by atoms with Crippen molar-refractivity contribution in [3.63, 3.8) is 0 Å². The molecule has 0 aliphatic rings. The van der Waals surface area contributed by atoms with E-state index in [0.717, 1.165) is 38.3 Å². The van der Waals surface area contributed by atoms with Crippen LogP contribution in [0.1, 0.15) is 18.4 Å². The smallest absolute Gasteiger partial charge is 0.119 e. The van der Waals surface area contributed by atoms with Crippen LogP contribution in [-0.4, -0.2) is 26.9 Å². The highest BCUT2D eigenvalue weighted by Crippen LogP contribution is 2.13. The zero-order valence-electron chi connectivity index (χ0n) is 10.9. The van der Waals surface area contributed by atoms with Crippen molar-refractivity contribution in [1.82, 2.24) is 5.32 Å². The van der Waals surface area contributed by atoms with Gasteiger partial charge in [0.05, 0.1) is 13.2 Å². The van der Waals surface area contributed by atoms with Gasteiger partial charge in [-0.25, -0.2) is 0 Å². The van der Waals surface area contributed by atoms with Crippen LogP contribution in [0.4, 0.5) is 0 Å². The van der Waals surface area contributed by atoms with E-state index in [1.54, 1.807) is 7.11 Å². The highest BCUT2D eigenvalue weighted by atomic mass is 16.5. The summed E-state index contributed by atoms with van der Waals surface area (Å²) in [6.45, 7) is 3.07. The summed E-state index contributed by atoms with van der Waals surface area (Å²) < 4.78 is 10.6. The van der Waals surface area contributed by atoms with Crippen LogP contribution in [0, 0.1) is 12.3 Å². The van der Waals surface area contributed by atoms with Crippen molar-refractivity contribution in [3.05, 3.63) is 29.8 Å². The first-order chi connectivity index (χ1) is 8.86. The standard InChI is InChI=1S/C15H21NO2/c1-3-4-5-10-18-15-8-6-7-14(12-15)13-16-9-11-17-2/h1,6-8,12,16H,4-5,9-11,13H2,2H3. The lowest BCUT2D eigenvalue weighted by Crippen LogP contribution is -2.18. The molecule has 0 heterocycles. The third-order valence-corrected chi connectivity index (χ3v) is 2.44. The molecular formula is C15H21NO2. The second-order valence-electron chi connectivity index (χ2n) is 3.97. The molecule has 1 N–H and O–H groups in total. The van der Waals surface area contributed by atoms with Gasteiger partial charge in [-0.05, 0) is 24.1 Å². The Morgan fingerprint density at radius 1 is 1.33 bits per heavy atom. The van der Waals surface area contributed by atoms with Gasteiger partial charge in [0.1, 0.15) is 5.75 Å².